The SMILES string of the molecule is CCCOc1cc(-c2cncc(C(CO)CB3O[C@@H](C)CC(C)(C)O3)c2)ccc1OC. The molecule has 0 saturated carbocycles. The highest BCUT2D eigenvalue weighted by Crippen LogP contribution is 2.35. The first-order chi connectivity index (χ1) is 14.8. The van der Waals surface area contributed by atoms with Gasteiger partial charge in [0, 0.05) is 36.6 Å². The molecule has 1 aromatic carbocycles. The first kappa shape index (κ1) is 23.6. The third kappa shape index (κ3) is 6.22. The van der Waals surface area contributed by atoms with Crippen molar-refractivity contribution in [3.05, 3.63) is 42.2 Å². The van der Waals surface area contributed by atoms with Crippen molar-refractivity contribution in [3.8, 4) is 22.6 Å². The van der Waals surface area contributed by atoms with Gasteiger partial charge in [-0.25, -0.2) is 0 Å². The molecule has 0 bridgehead atoms. The van der Waals surface area contributed by atoms with Crippen LogP contribution in [0, 0.1) is 0 Å². The topological polar surface area (TPSA) is 70.0 Å². The van der Waals surface area contributed by atoms with E-state index < -0.39 is 0 Å². The van der Waals surface area contributed by atoms with Gasteiger partial charge in [0.15, 0.2) is 11.5 Å². The Bertz CT molecular complexity index is 860. The smallest absolute Gasteiger partial charge is 0.458 e. The summed E-state index contributed by atoms with van der Waals surface area (Å²) in [5.74, 6) is 1.29. The molecule has 1 aliphatic heterocycles. The predicted molar refractivity (Wildman–Crippen MR) is 123 cm³/mol. The average Bonchev–Trinajstić information content (AvgIpc) is 2.74. The number of benzene rings is 1. The highest BCUT2D eigenvalue weighted by atomic mass is 16.6. The highest BCUT2D eigenvalue weighted by molar-refractivity contribution is 6.45. The summed E-state index contributed by atoms with van der Waals surface area (Å²) in [7, 11) is 1.29. The second-order valence-corrected chi connectivity index (χ2v) is 8.79. The molecule has 0 spiro atoms. The zero-order valence-corrected chi connectivity index (χ0v) is 19.3. The van der Waals surface area contributed by atoms with E-state index in [-0.39, 0.29) is 31.3 Å². The molecule has 1 aromatic heterocycles. The second-order valence-electron chi connectivity index (χ2n) is 8.79. The van der Waals surface area contributed by atoms with Gasteiger partial charge >= 0.3 is 7.12 Å². The van der Waals surface area contributed by atoms with Crippen LogP contribution in [0.5, 0.6) is 11.5 Å². The second kappa shape index (κ2) is 10.5. The van der Waals surface area contributed by atoms with Gasteiger partial charge in [0.1, 0.15) is 0 Å². The Labute approximate surface area is 186 Å². The van der Waals surface area contributed by atoms with E-state index in [9.17, 15) is 5.11 Å². The van der Waals surface area contributed by atoms with E-state index in [2.05, 4.69) is 38.7 Å². The molecule has 7 heteroatoms. The van der Waals surface area contributed by atoms with Gasteiger partial charge < -0.3 is 23.9 Å². The number of hydrogen-bond acceptors (Lipinski definition) is 6. The first-order valence-corrected chi connectivity index (χ1v) is 11.1. The molecule has 2 aromatic rings. The van der Waals surface area contributed by atoms with Crippen molar-refractivity contribution in [1.29, 1.82) is 0 Å². The standard InChI is InChI=1S/C24H34BNO5/c1-6-9-29-23-11-18(7-8-22(23)28-5)19-10-20(15-26-14-19)21(16-27)13-25-30-17(2)12-24(3,4)31-25/h7-8,10-11,14-15,17,21,27H,6,9,12-13,16H2,1-5H3/t17-,21?/m0/s1. The molecule has 1 aliphatic rings. The Morgan fingerprint density at radius 3 is 2.71 bits per heavy atom. The normalized spacial score (nSPS) is 19.2. The summed E-state index contributed by atoms with van der Waals surface area (Å²) < 4.78 is 23.4. The van der Waals surface area contributed by atoms with Gasteiger partial charge in [-0.1, -0.05) is 13.0 Å². The molecule has 6 nitrogen and oxygen atoms in total. The molecule has 2 atom stereocenters. The van der Waals surface area contributed by atoms with E-state index in [1.54, 1.807) is 13.3 Å². The quantitative estimate of drug-likeness (QED) is 0.585. The van der Waals surface area contributed by atoms with Gasteiger partial charge in [0.25, 0.3) is 0 Å². The van der Waals surface area contributed by atoms with Gasteiger partial charge in [-0.05, 0) is 69.3 Å². The van der Waals surface area contributed by atoms with Crippen LogP contribution in [-0.4, -0.2) is 49.2 Å². The van der Waals surface area contributed by atoms with Gasteiger partial charge in [0.2, 0.25) is 0 Å². The number of nitrogens with zero attached hydrogens (tertiary/aromatic N) is 1. The Morgan fingerprint density at radius 2 is 2.03 bits per heavy atom. The number of aliphatic hydroxyl groups excluding tert-OH is 1. The molecule has 0 aliphatic carbocycles. The van der Waals surface area contributed by atoms with Crippen LogP contribution in [0.3, 0.4) is 0 Å². The molecule has 168 valence electrons. The van der Waals surface area contributed by atoms with Crippen molar-refractivity contribution in [2.75, 3.05) is 20.3 Å². The zero-order valence-electron chi connectivity index (χ0n) is 19.3. The Balaban J connectivity index is 1.81. The molecule has 1 fully saturated rings. The fourth-order valence-electron chi connectivity index (χ4n) is 4.10. The predicted octanol–water partition coefficient (Wildman–Crippen LogP) is 4.71. The maximum absolute atomic E-state index is 10.1. The minimum Gasteiger partial charge on any atom is -0.493 e. The molecule has 31 heavy (non-hydrogen) atoms. The average molecular weight is 427 g/mol. The highest BCUT2D eigenvalue weighted by Gasteiger charge is 2.38. The van der Waals surface area contributed by atoms with Crippen LogP contribution in [-0.2, 0) is 9.31 Å². The van der Waals surface area contributed by atoms with E-state index in [1.807, 2.05) is 24.4 Å². The van der Waals surface area contributed by atoms with Crippen LogP contribution < -0.4 is 9.47 Å². The Morgan fingerprint density at radius 1 is 1.23 bits per heavy atom. The zero-order chi connectivity index (χ0) is 22.4. The molecule has 1 N–H and O–H groups in total. The summed E-state index contributed by atoms with van der Waals surface area (Å²) >= 11 is 0. The van der Waals surface area contributed by atoms with E-state index in [0.29, 0.717) is 24.4 Å². The lowest BCUT2D eigenvalue weighted by atomic mass is 9.72. The summed E-state index contributed by atoms with van der Waals surface area (Å²) in [5.41, 5.74) is 2.66. The Hall–Kier alpha value is -2.09. The molecular formula is C24H34BNO5. The van der Waals surface area contributed by atoms with Crippen molar-refractivity contribution >= 4 is 7.12 Å². The van der Waals surface area contributed by atoms with Crippen LogP contribution >= 0.6 is 0 Å². The van der Waals surface area contributed by atoms with E-state index >= 15 is 0 Å². The summed E-state index contributed by atoms with van der Waals surface area (Å²) in [6.45, 7) is 8.92. The number of ether oxygens (including phenoxy) is 2. The molecule has 0 amide bonds. The number of aliphatic hydroxyl groups is 1. The third-order valence-corrected chi connectivity index (χ3v) is 5.50. The number of methoxy groups -OCH3 is 1. The Kier molecular flexibility index (Phi) is 7.97. The van der Waals surface area contributed by atoms with E-state index in [1.165, 1.54) is 0 Å². The number of rotatable bonds is 9. The lowest BCUT2D eigenvalue weighted by Gasteiger charge is -2.39. The lowest BCUT2D eigenvalue weighted by Crippen LogP contribution is -2.46. The van der Waals surface area contributed by atoms with Gasteiger partial charge in [-0.15, -0.1) is 0 Å². The molecular weight excluding hydrogens is 393 g/mol. The monoisotopic (exact) mass is 427 g/mol. The molecule has 2 heterocycles. The maximum Gasteiger partial charge on any atom is 0.458 e. The molecule has 1 unspecified atom stereocenters. The van der Waals surface area contributed by atoms with Gasteiger partial charge in [-0.2, -0.15) is 0 Å². The number of pyridine rings is 1. The summed E-state index contributed by atoms with van der Waals surface area (Å²) in [5, 5.41) is 10.1. The minimum absolute atomic E-state index is 0.00334. The minimum atomic E-state index is -0.352. The van der Waals surface area contributed by atoms with E-state index in [4.69, 9.17) is 18.8 Å². The van der Waals surface area contributed by atoms with Crippen molar-refractivity contribution in [1.82, 2.24) is 4.98 Å². The summed E-state index contributed by atoms with van der Waals surface area (Å²) in [6, 6.07) is 7.94. The van der Waals surface area contributed by atoms with Crippen LogP contribution in [0.4, 0.5) is 0 Å². The fraction of sp³-hybridized carbons (Fsp3) is 0.542. The van der Waals surface area contributed by atoms with Crippen LogP contribution in [0.25, 0.3) is 11.1 Å². The molecule has 1 saturated heterocycles. The summed E-state index contributed by atoms with van der Waals surface area (Å²) in [6.07, 6.45) is 6.09. The maximum atomic E-state index is 10.1. The molecule has 0 radical (unpaired) electrons. The van der Waals surface area contributed by atoms with Crippen molar-refractivity contribution in [2.45, 2.75) is 64.5 Å². The van der Waals surface area contributed by atoms with E-state index in [0.717, 1.165) is 29.5 Å². The van der Waals surface area contributed by atoms with Crippen LogP contribution in [0.1, 0.15) is 52.0 Å². The number of hydrogen-bond donors (Lipinski definition) is 1. The molecule has 3 rings (SSSR count). The third-order valence-electron chi connectivity index (χ3n) is 5.50. The summed E-state index contributed by atoms with van der Waals surface area (Å²) in [4.78, 5) is 4.44. The number of aromatic nitrogens is 1. The van der Waals surface area contributed by atoms with Gasteiger partial charge in [-0.3, -0.25) is 4.98 Å². The lowest BCUT2D eigenvalue weighted by molar-refractivity contribution is -0.0297. The largest absolute Gasteiger partial charge is 0.493 e. The van der Waals surface area contributed by atoms with Gasteiger partial charge in [0.05, 0.1) is 19.3 Å². The van der Waals surface area contributed by atoms with Crippen LogP contribution in [0.15, 0.2) is 36.7 Å². The van der Waals surface area contributed by atoms with Crippen molar-refractivity contribution in [2.24, 2.45) is 0 Å². The fourth-order valence-corrected chi connectivity index (χ4v) is 4.10. The van der Waals surface area contributed by atoms with Crippen LogP contribution in [0.2, 0.25) is 6.32 Å². The first-order valence-electron chi connectivity index (χ1n) is 11.1. The van der Waals surface area contributed by atoms with Crippen molar-refractivity contribution < 1.29 is 23.9 Å². The van der Waals surface area contributed by atoms with Crippen molar-refractivity contribution in [3.63, 3.8) is 0 Å².